The first-order chi connectivity index (χ1) is 16.8. The Labute approximate surface area is 202 Å². The van der Waals surface area contributed by atoms with Crippen LogP contribution in [0.25, 0.3) is 16.8 Å². The molecule has 4 aromatic carbocycles. The van der Waals surface area contributed by atoms with Crippen molar-refractivity contribution in [2.45, 2.75) is 25.0 Å². The number of hydrogen-bond donors (Lipinski definition) is 1. The van der Waals surface area contributed by atoms with Crippen molar-refractivity contribution < 1.29 is 9.47 Å². The summed E-state index contributed by atoms with van der Waals surface area (Å²) in [7, 11) is 0. The molecule has 1 aliphatic rings. The summed E-state index contributed by atoms with van der Waals surface area (Å²) in [5.74, 6) is 1.28. The summed E-state index contributed by atoms with van der Waals surface area (Å²) in [5, 5.41) is 6.03. The molecule has 0 aromatic heterocycles. The molecule has 0 radical (unpaired) electrons. The molecule has 4 aromatic rings. The number of ether oxygens (including phenoxy) is 2. The monoisotopic (exact) mass is 449 g/mol. The molecule has 5 rings (SSSR count). The minimum atomic E-state index is 0.154. The lowest BCUT2D eigenvalue weighted by atomic mass is 9.87. The van der Waals surface area contributed by atoms with E-state index >= 15 is 0 Å². The zero-order valence-electron chi connectivity index (χ0n) is 19.4. The molecule has 2 atom stereocenters. The third-order valence-corrected chi connectivity index (χ3v) is 6.47. The maximum atomic E-state index is 6.43. The van der Waals surface area contributed by atoms with Gasteiger partial charge in [0.2, 0.25) is 0 Å². The Morgan fingerprint density at radius 1 is 0.824 bits per heavy atom. The van der Waals surface area contributed by atoms with Gasteiger partial charge in [-0.15, -0.1) is 0 Å². The summed E-state index contributed by atoms with van der Waals surface area (Å²) in [5.41, 5.74) is 3.72. The maximum Gasteiger partial charge on any atom is 0.119 e. The van der Waals surface area contributed by atoms with Gasteiger partial charge < -0.3 is 14.8 Å². The Morgan fingerprint density at radius 2 is 1.62 bits per heavy atom. The molecule has 3 nitrogen and oxygen atoms in total. The Bertz CT molecular complexity index is 1220. The molecule has 0 saturated carbocycles. The molecule has 172 valence electrons. The molecule has 0 aliphatic carbocycles. The van der Waals surface area contributed by atoms with E-state index < -0.39 is 0 Å². The molecule has 1 saturated heterocycles. The molecule has 1 heterocycles. The van der Waals surface area contributed by atoms with Gasteiger partial charge in [-0.3, -0.25) is 0 Å². The second-order valence-corrected chi connectivity index (χ2v) is 8.82. The number of rotatable bonds is 8. The first-order valence-corrected chi connectivity index (χ1v) is 12.1. The normalized spacial score (nSPS) is 18.4. The summed E-state index contributed by atoms with van der Waals surface area (Å²) in [4.78, 5) is 0. The van der Waals surface area contributed by atoms with Crippen molar-refractivity contribution in [3.63, 3.8) is 0 Å². The Hall–Kier alpha value is -3.40. The molecular weight excluding hydrogens is 418 g/mol. The lowest BCUT2D eigenvalue weighted by molar-refractivity contribution is 0.0106. The number of piperidine rings is 1. The summed E-state index contributed by atoms with van der Waals surface area (Å²) < 4.78 is 12.3. The van der Waals surface area contributed by atoms with Gasteiger partial charge in [0.1, 0.15) is 12.4 Å². The quantitative estimate of drug-likeness (QED) is 0.329. The Morgan fingerprint density at radius 3 is 2.47 bits per heavy atom. The standard InChI is InChI=1S/C31H31NO2/c1-2-7-24(8-3-1)9-6-20-33-29-16-14-27(15-17-29)30-18-19-32-22-31(30)34-23-25-12-13-26-10-4-5-11-28(26)21-25/h1-17,21,30-32H,18-20,22-23H2/b9-6+. The summed E-state index contributed by atoms with van der Waals surface area (Å²) in [6.45, 7) is 3.07. The van der Waals surface area contributed by atoms with Crippen molar-refractivity contribution >= 4 is 16.8 Å². The highest BCUT2D eigenvalue weighted by atomic mass is 16.5. The van der Waals surface area contributed by atoms with Gasteiger partial charge in [0.05, 0.1) is 12.7 Å². The van der Waals surface area contributed by atoms with Gasteiger partial charge in [0.15, 0.2) is 0 Å². The second-order valence-electron chi connectivity index (χ2n) is 8.82. The van der Waals surface area contributed by atoms with E-state index in [0.717, 1.165) is 25.3 Å². The highest BCUT2D eigenvalue weighted by Crippen LogP contribution is 2.30. The average Bonchev–Trinajstić information content (AvgIpc) is 2.91. The maximum absolute atomic E-state index is 6.43. The zero-order chi connectivity index (χ0) is 23.0. The van der Waals surface area contributed by atoms with Crippen LogP contribution in [0.4, 0.5) is 0 Å². The van der Waals surface area contributed by atoms with Crippen LogP contribution in [0.1, 0.15) is 29.0 Å². The van der Waals surface area contributed by atoms with E-state index in [2.05, 4.69) is 90.3 Å². The molecule has 0 bridgehead atoms. The van der Waals surface area contributed by atoms with Gasteiger partial charge >= 0.3 is 0 Å². The van der Waals surface area contributed by atoms with Crippen LogP contribution in [0, 0.1) is 0 Å². The van der Waals surface area contributed by atoms with Crippen LogP contribution in [-0.4, -0.2) is 25.8 Å². The fraction of sp³-hybridized carbons (Fsp3) is 0.226. The molecule has 1 aliphatic heterocycles. The largest absolute Gasteiger partial charge is 0.490 e. The van der Waals surface area contributed by atoms with Crippen molar-refractivity contribution in [2.24, 2.45) is 0 Å². The number of hydrogen-bond acceptors (Lipinski definition) is 3. The second kappa shape index (κ2) is 11.1. The predicted octanol–water partition coefficient (Wildman–Crippen LogP) is 6.59. The van der Waals surface area contributed by atoms with Crippen LogP contribution in [0.3, 0.4) is 0 Å². The van der Waals surface area contributed by atoms with Crippen LogP contribution >= 0.6 is 0 Å². The number of benzene rings is 4. The molecule has 0 amide bonds. The van der Waals surface area contributed by atoms with Crippen LogP contribution < -0.4 is 10.1 Å². The molecule has 3 heteroatoms. The smallest absolute Gasteiger partial charge is 0.119 e. The lowest BCUT2D eigenvalue weighted by Gasteiger charge is -2.32. The van der Waals surface area contributed by atoms with Crippen LogP contribution in [0.2, 0.25) is 0 Å². The van der Waals surface area contributed by atoms with E-state index in [4.69, 9.17) is 9.47 Å². The van der Waals surface area contributed by atoms with Gasteiger partial charge in [0.25, 0.3) is 0 Å². The Kier molecular flexibility index (Phi) is 7.34. The van der Waals surface area contributed by atoms with Gasteiger partial charge in [-0.1, -0.05) is 84.9 Å². The zero-order valence-corrected chi connectivity index (χ0v) is 19.4. The van der Waals surface area contributed by atoms with Crippen molar-refractivity contribution in [1.29, 1.82) is 0 Å². The first kappa shape index (κ1) is 22.4. The van der Waals surface area contributed by atoms with E-state index in [9.17, 15) is 0 Å². The minimum absolute atomic E-state index is 0.154. The fourth-order valence-electron chi connectivity index (χ4n) is 4.62. The third kappa shape index (κ3) is 5.74. The molecule has 2 unspecified atom stereocenters. The highest BCUT2D eigenvalue weighted by Gasteiger charge is 2.27. The minimum Gasteiger partial charge on any atom is -0.490 e. The van der Waals surface area contributed by atoms with Crippen molar-refractivity contribution in [2.75, 3.05) is 19.7 Å². The topological polar surface area (TPSA) is 30.5 Å². The van der Waals surface area contributed by atoms with Crippen LogP contribution in [0.15, 0.2) is 103 Å². The molecular formula is C31H31NO2. The SMILES string of the molecule is C(=C\c1ccccc1)/COc1ccc(C2CCNCC2OCc2ccc3ccccc3c2)cc1. The van der Waals surface area contributed by atoms with Gasteiger partial charge in [0, 0.05) is 12.5 Å². The summed E-state index contributed by atoms with van der Waals surface area (Å²) in [6.07, 6.45) is 5.36. The van der Waals surface area contributed by atoms with Crippen molar-refractivity contribution in [3.8, 4) is 5.75 Å². The predicted molar refractivity (Wildman–Crippen MR) is 140 cm³/mol. The van der Waals surface area contributed by atoms with Gasteiger partial charge in [-0.2, -0.15) is 0 Å². The molecule has 34 heavy (non-hydrogen) atoms. The van der Waals surface area contributed by atoms with Crippen LogP contribution in [-0.2, 0) is 11.3 Å². The summed E-state index contributed by atoms with van der Waals surface area (Å²) in [6, 6.07) is 33.9. The number of fused-ring (bicyclic) bond motifs is 1. The Balaban J connectivity index is 1.18. The van der Waals surface area contributed by atoms with Gasteiger partial charge in [-0.25, -0.2) is 0 Å². The van der Waals surface area contributed by atoms with Crippen molar-refractivity contribution in [1.82, 2.24) is 5.32 Å². The van der Waals surface area contributed by atoms with E-state index in [-0.39, 0.29) is 6.10 Å². The van der Waals surface area contributed by atoms with E-state index in [1.165, 1.54) is 27.5 Å². The fourth-order valence-corrected chi connectivity index (χ4v) is 4.62. The van der Waals surface area contributed by atoms with Gasteiger partial charge in [-0.05, 0) is 64.7 Å². The number of nitrogens with one attached hydrogen (secondary N) is 1. The van der Waals surface area contributed by atoms with E-state index in [1.54, 1.807) is 0 Å². The average molecular weight is 450 g/mol. The lowest BCUT2D eigenvalue weighted by Crippen LogP contribution is -2.40. The molecule has 1 N–H and O–H groups in total. The van der Waals surface area contributed by atoms with E-state index in [0.29, 0.717) is 19.1 Å². The van der Waals surface area contributed by atoms with E-state index in [1.807, 2.05) is 24.3 Å². The highest BCUT2D eigenvalue weighted by molar-refractivity contribution is 5.82. The molecule has 0 spiro atoms. The van der Waals surface area contributed by atoms with Crippen molar-refractivity contribution in [3.05, 3.63) is 120 Å². The van der Waals surface area contributed by atoms with Crippen LogP contribution in [0.5, 0.6) is 5.75 Å². The summed E-state index contributed by atoms with van der Waals surface area (Å²) >= 11 is 0. The first-order valence-electron chi connectivity index (χ1n) is 12.1. The molecule has 1 fully saturated rings. The third-order valence-electron chi connectivity index (χ3n) is 6.47.